The summed E-state index contributed by atoms with van der Waals surface area (Å²) in [6, 6.07) is 8.60. The van der Waals surface area contributed by atoms with E-state index < -0.39 is 0 Å². The Bertz CT molecular complexity index is 401. The number of aliphatic hydroxyl groups excluding tert-OH is 1. The average Bonchev–Trinajstić information content (AvgIpc) is 2.58. The predicted octanol–water partition coefficient (Wildman–Crippen LogP) is 3.15. The number of hydrogen-bond acceptors (Lipinski definition) is 3. The van der Waals surface area contributed by atoms with E-state index in [9.17, 15) is 5.11 Å². The van der Waals surface area contributed by atoms with Gasteiger partial charge in [0.2, 0.25) is 0 Å². The third kappa shape index (κ3) is 3.65. The fourth-order valence-electron chi connectivity index (χ4n) is 3.77. The molecule has 0 spiro atoms. The van der Waals surface area contributed by atoms with Crippen LogP contribution >= 0.6 is 0 Å². The van der Waals surface area contributed by atoms with Gasteiger partial charge in [-0.2, -0.15) is 0 Å². The fraction of sp³-hybridized carbons (Fsp3) is 0.667. The summed E-state index contributed by atoms with van der Waals surface area (Å²) >= 11 is 0. The summed E-state index contributed by atoms with van der Waals surface area (Å²) in [5.74, 6) is 0. The van der Waals surface area contributed by atoms with Crippen molar-refractivity contribution in [2.45, 2.75) is 51.3 Å². The Kier molecular flexibility index (Phi) is 5.28. The van der Waals surface area contributed by atoms with Crippen LogP contribution in [0, 0.1) is 0 Å². The molecule has 0 atom stereocenters. The minimum absolute atomic E-state index is 0.137. The molecule has 1 aromatic rings. The van der Waals surface area contributed by atoms with Crippen molar-refractivity contribution in [2.75, 3.05) is 26.2 Å². The first kappa shape index (κ1) is 15.0. The number of aliphatic hydroxyl groups is 1. The van der Waals surface area contributed by atoms with Gasteiger partial charge in [0.15, 0.2) is 0 Å². The molecule has 3 rings (SSSR count). The molecule has 21 heavy (non-hydrogen) atoms. The maximum atomic E-state index is 9.24. The Labute approximate surface area is 128 Å². The van der Waals surface area contributed by atoms with Gasteiger partial charge in [0.25, 0.3) is 0 Å². The van der Waals surface area contributed by atoms with E-state index in [0.717, 1.165) is 5.56 Å². The first-order valence-corrected chi connectivity index (χ1v) is 8.56. The molecule has 3 nitrogen and oxygen atoms in total. The Morgan fingerprint density at radius 2 is 1.24 bits per heavy atom. The van der Waals surface area contributed by atoms with Crippen LogP contribution in [0.2, 0.25) is 0 Å². The Morgan fingerprint density at radius 3 is 1.67 bits per heavy atom. The van der Waals surface area contributed by atoms with Crippen molar-refractivity contribution >= 4 is 0 Å². The maximum absolute atomic E-state index is 9.24. The molecular weight excluding hydrogens is 260 g/mol. The Balaban J connectivity index is 1.82. The largest absolute Gasteiger partial charge is 0.392 e. The number of nitrogens with zero attached hydrogens (tertiary/aromatic N) is 2. The van der Waals surface area contributed by atoms with Crippen LogP contribution in [-0.2, 0) is 6.61 Å². The predicted molar refractivity (Wildman–Crippen MR) is 86.0 cm³/mol. The van der Waals surface area contributed by atoms with Gasteiger partial charge in [0.1, 0.15) is 0 Å². The number of likely N-dealkylation sites (tertiary alicyclic amines) is 2. The molecule has 0 bridgehead atoms. The molecule has 2 aliphatic heterocycles. The fourth-order valence-corrected chi connectivity index (χ4v) is 3.77. The summed E-state index contributed by atoms with van der Waals surface area (Å²) in [6.07, 6.45) is 8.54. The van der Waals surface area contributed by atoms with Crippen LogP contribution in [0.15, 0.2) is 24.3 Å². The molecule has 1 N–H and O–H groups in total. The van der Waals surface area contributed by atoms with E-state index in [0.29, 0.717) is 6.17 Å². The molecule has 2 fully saturated rings. The number of benzene rings is 1. The SMILES string of the molecule is OCc1ccc(C(N2CCCCC2)N2CCCCC2)cc1. The highest BCUT2D eigenvalue weighted by Gasteiger charge is 2.28. The second-order valence-corrected chi connectivity index (χ2v) is 6.47. The highest BCUT2D eigenvalue weighted by molar-refractivity contribution is 5.24. The number of rotatable bonds is 4. The summed E-state index contributed by atoms with van der Waals surface area (Å²) in [5.41, 5.74) is 2.41. The maximum Gasteiger partial charge on any atom is 0.0886 e. The third-order valence-corrected chi connectivity index (χ3v) is 4.93. The van der Waals surface area contributed by atoms with Gasteiger partial charge in [-0.05, 0) is 63.0 Å². The van der Waals surface area contributed by atoms with Gasteiger partial charge in [-0.25, -0.2) is 0 Å². The molecule has 2 aliphatic rings. The second kappa shape index (κ2) is 7.39. The zero-order valence-corrected chi connectivity index (χ0v) is 13.0. The molecule has 0 unspecified atom stereocenters. The lowest BCUT2D eigenvalue weighted by atomic mass is 10.0. The summed E-state index contributed by atoms with van der Waals surface area (Å²) in [5, 5.41) is 9.24. The summed E-state index contributed by atoms with van der Waals surface area (Å²) in [4.78, 5) is 5.34. The van der Waals surface area contributed by atoms with Crippen LogP contribution in [0.4, 0.5) is 0 Å². The standard InChI is InChI=1S/C18H28N2O/c21-15-16-7-9-17(10-8-16)18(19-11-3-1-4-12-19)20-13-5-2-6-14-20/h7-10,18,21H,1-6,11-15H2. The molecule has 1 aromatic carbocycles. The van der Waals surface area contributed by atoms with Crippen LogP contribution in [0.1, 0.15) is 55.8 Å². The van der Waals surface area contributed by atoms with Gasteiger partial charge < -0.3 is 5.11 Å². The van der Waals surface area contributed by atoms with E-state index in [1.807, 2.05) is 0 Å². The van der Waals surface area contributed by atoms with Crippen molar-refractivity contribution in [3.8, 4) is 0 Å². The van der Waals surface area contributed by atoms with Crippen molar-refractivity contribution in [2.24, 2.45) is 0 Å². The van der Waals surface area contributed by atoms with Crippen molar-refractivity contribution in [3.63, 3.8) is 0 Å². The smallest absolute Gasteiger partial charge is 0.0886 e. The van der Waals surface area contributed by atoms with Crippen LogP contribution in [0.3, 0.4) is 0 Å². The van der Waals surface area contributed by atoms with Crippen molar-refractivity contribution in [1.29, 1.82) is 0 Å². The first-order valence-electron chi connectivity index (χ1n) is 8.56. The monoisotopic (exact) mass is 288 g/mol. The highest BCUT2D eigenvalue weighted by atomic mass is 16.3. The minimum atomic E-state index is 0.137. The lowest BCUT2D eigenvalue weighted by molar-refractivity contribution is 0.0156. The van der Waals surface area contributed by atoms with Crippen LogP contribution in [-0.4, -0.2) is 41.1 Å². The summed E-state index contributed by atoms with van der Waals surface area (Å²) < 4.78 is 0. The number of hydrogen-bond donors (Lipinski definition) is 1. The van der Waals surface area contributed by atoms with Gasteiger partial charge in [-0.3, -0.25) is 9.80 Å². The highest BCUT2D eigenvalue weighted by Crippen LogP contribution is 2.30. The molecule has 116 valence electrons. The zero-order valence-electron chi connectivity index (χ0n) is 13.0. The van der Waals surface area contributed by atoms with Gasteiger partial charge in [0.05, 0.1) is 12.8 Å². The molecule has 2 heterocycles. The quantitative estimate of drug-likeness (QED) is 0.922. The van der Waals surface area contributed by atoms with E-state index in [-0.39, 0.29) is 6.61 Å². The normalized spacial score (nSPS) is 21.8. The lowest BCUT2D eigenvalue weighted by Gasteiger charge is -2.43. The molecule has 3 heteroatoms. The molecule has 0 aromatic heterocycles. The topological polar surface area (TPSA) is 26.7 Å². The molecule has 0 amide bonds. The second-order valence-electron chi connectivity index (χ2n) is 6.47. The van der Waals surface area contributed by atoms with Crippen molar-refractivity contribution in [1.82, 2.24) is 9.80 Å². The van der Waals surface area contributed by atoms with E-state index in [2.05, 4.69) is 34.1 Å². The van der Waals surface area contributed by atoms with E-state index in [1.54, 1.807) is 0 Å². The average molecular weight is 288 g/mol. The van der Waals surface area contributed by atoms with Crippen LogP contribution in [0.5, 0.6) is 0 Å². The van der Waals surface area contributed by atoms with E-state index >= 15 is 0 Å². The molecule has 2 saturated heterocycles. The van der Waals surface area contributed by atoms with Gasteiger partial charge in [-0.1, -0.05) is 37.1 Å². The molecule has 0 radical (unpaired) electrons. The lowest BCUT2D eigenvalue weighted by Crippen LogP contribution is -2.45. The van der Waals surface area contributed by atoms with E-state index in [1.165, 1.54) is 70.3 Å². The summed E-state index contributed by atoms with van der Waals surface area (Å²) in [7, 11) is 0. The molecule has 0 aliphatic carbocycles. The van der Waals surface area contributed by atoms with Crippen molar-refractivity contribution in [3.05, 3.63) is 35.4 Å². The van der Waals surface area contributed by atoms with Gasteiger partial charge in [0, 0.05) is 0 Å². The van der Waals surface area contributed by atoms with Crippen LogP contribution in [0.25, 0.3) is 0 Å². The van der Waals surface area contributed by atoms with Crippen LogP contribution < -0.4 is 0 Å². The Morgan fingerprint density at radius 1 is 0.762 bits per heavy atom. The first-order chi connectivity index (χ1) is 10.4. The zero-order chi connectivity index (χ0) is 14.5. The van der Waals surface area contributed by atoms with Gasteiger partial charge >= 0.3 is 0 Å². The summed E-state index contributed by atoms with van der Waals surface area (Å²) in [6.45, 7) is 5.04. The third-order valence-electron chi connectivity index (χ3n) is 4.93. The number of piperidine rings is 2. The molecular formula is C18H28N2O. The van der Waals surface area contributed by atoms with Crippen molar-refractivity contribution < 1.29 is 5.11 Å². The van der Waals surface area contributed by atoms with Gasteiger partial charge in [-0.15, -0.1) is 0 Å². The minimum Gasteiger partial charge on any atom is -0.392 e. The Hall–Kier alpha value is -0.900. The van der Waals surface area contributed by atoms with E-state index in [4.69, 9.17) is 0 Å². The molecule has 0 saturated carbocycles.